The molecule has 8 nitrogen and oxygen atoms in total. The van der Waals surface area contributed by atoms with Gasteiger partial charge in [0, 0.05) is 23.0 Å². The zero-order valence-electron chi connectivity index (χ0n) is 17.2. The number of aromatic nitrogens is 4. The Morgan fingerprint density at radius 1 is 1.32 bits per heavy atom. The second-order valence-corrected chi connectivity index (χ2v) is 10.3. The van der Waals surface area contributed by atoms with Crippen molar-refractivity contribution >= 4 is 60.7 Å². The quantitative estimate of drug-likeness (QED) is 0.423. The summed E-state index contributed by atoms with van der Waals surface area (Å²) in [6, 6.07) is 5.94. The van der Waals surface area contributed by atoms with Gasteiger partial charge in [0.05, 0.1) is 15.7 Å². The molecule has 3 aromatic heterocycles. The molecule has 1 aliphatic rings. The fraction of sp³-hybridized carbons (Fsp3) is 0.381. The van der Waals surface area contributed by atoms with Crippen LogP contribution in [0.25, 0.3) is 20.4 Å². The second-order valence-electron chi connectivity index (χ2n) is 8.46. The second kappa shape index (κ2) is 7.77. The standard InChI is InChI=1S/C21H22N6O2S2/c1-21(2,29)9-22-19(28)11-3-5-13-15(7-11)30-20-17(13)18(23-10-24-20)25-12-4-6-14-16(8-12)31-27-26-14/h4,6,8,10-11,29H,3,5,7,9H2,1-2H3,(H,22,28)(H,23,24,25)/t11-/m0/s1. The smallest absolute Gasteiger partial charge is 0.223 e. The molecule has 0 saturated heterocycles. The summed E-state index contributed by atoms with van der Waals surface area (Å²) in [5.41, 5.74) is 2.13. The lowest BCUT2D eigenvalue weighted by molar-refractivity contribution is -0.126. The first kappa shape index (κ1) is 20.2. The van der Waals surface area contributed by atoms with Crippen molar-refractivity contribution < 1.29 is 9.90 Å². The molecule has 1 amide bonds. The summed E-state index contributed by atoms with van der Waals surface area (Å²) in [6.45, 7) is 3.63. The Morgan fingerprint density at radius 3 is 3.03 bits per heavy atom. The highest BCUT2D eigenvalue weighted by Crippen LogP contribution is 2.40. The highest BCUT2D eigenvalue weighted by Gasteiger charge is 2.29. The number of hydrogen-bond donors (Lipinski definition) is 3. The summed E-state index contributed by atoms with van der Waals surface area (Å²) in [4.78, 5) is 23.7. The Kier molecular flexibility index (Phi) is 5.07. The maximum atomic E-state index is 12.6. The molecule has 160 valence electrons. The minimum atomic E-state index is -0.915. The number of aliphatic hydroxyl groups is 1. The van der Waals surface area contributed by atoms with Crippen molar-refractivity contribution in [1.29, 1.82) is 0 Å². The molecule has 0 fully saturated rings. The van der Waals surface area contributed by atoms with Crippen LogP contribution in [0.1, 0.15) is 30.7 Å². The lowest BCUT2D eigenvalue weighted by Crippen LogP contribution is -2.42. The van der Waals surface area contributed by atoms with Gasteiger partial charge in [0.1, 0.15) is 22.5 Å². The zero-order valence-corrected chi connectivity index (χ0v) is 18.8. The van der Waals surface area contributed by atoms with Crippen molar-refractivity contribution in [3.05, 3.63) is 35.0 Å². The maximum absolute atomic E-state index is 12.6. The van der Waals surface area contributed by atoms with Gasteiger partial charge in [-0.2, -0.15) is 0 Å². The van der Waals surface area contributed by atoms with E-state index in [0.29, 0.717) is 6.42 Å². The summed E-state index contributed by atoms with van der Waals surface area (Å²) in [7, 11) is 0. The van der Waals surface area contributed by atoms with E-state index in [9.17, 15) is 9.90 Å². The highest BCUT2D eigenvalue weighted by molar-refractivity contribution is 7.19. The van der Waals surface area contributed by atoms with Gasteiger partial charge < -0.3 is 15.7 Å². The SMILES string of the molecule is CC(C)(O)CNC(=O)[C@H]1CCc2c(sc3ncnc(Nc4ccc5nnsc5c4)c23)C1. The van der Waals surface area contributed by atoms with E-state index < -0.39 is 5.60 Å². The number of fused-ring (bicyclic) bond motifs is 4. The Balaban J connectivity index is 1.41. The van der Waals surface area contributed by atoms with Gasteiger partial charge in [0.15, 0.2) is 0 Å². The molecular weight excluding hydrogens is 432 g/mol. The van der Waals surface area contributed by atoms with Crippen LogP contribution in [0.2, 0.25) is 0 Å². The summed E-state index contributed by atoms with van der Waals surface area (Å²) < 4.78 is 5.01. The molecule has 4 aromatic rings. The summed E-state index contributed by atoms with van der Waals surface area (Å²) in [6.07, 6.45) is 3.83. The van der Waals surface area contributed by atoms with E-state index >= 15 is 0 Å². The normalized spacial score (nSPS) is 16.4. The molecule has 0 saturated carbocycles. The summed E-state index contributed by atoms with van der Waals surface area (Å²) >= 11 is 3.00. The highest BCUT2D eigenvalue weighted by atomic mass is 32.1. The average Bonchev–Trinajstić information content (AvgIpc) is 3.35. The van der Waals surface area contributed by atoms with Crippen molar-refractivity contribution in [2.24, 2.45) is 5.92 Å². The Bertz CT molecular complexity index is 1280. The van der Waals surface area contributed by atoms with Crippen LogP contribution in [0, 0.1) is 5.92 Å². The molecule has 0 unspecified atom stereocenters. The largest absolute Gasteiger partial charge is 0.389 e. The first-order valence-electron chi connectivity index (χ1n) is 10.1. The van der Waals surface area contributed by atoms with E-state index in [2.05, 4.69) is 30.2 Å². The number of anilines is 2. The molecule has 0 bridgehead atoms. The molecule has 31 heavy (non-hydrogen) atoms. The average molecular weight is 455 g/mol. The fourth-order valence-corrected chi connectivity index (χ4v) is 5.74. The van der Waals surface area contributed by atoms with Gasteiger partial charge in [-0.15, -0.1) is 16.4 Å². The minimum Gasteiger partial charge on any atom is -0.389 e. The molecule has 0 spiro atoms. The minimum absolute atomic E-state index is 0.00105. The molecule has 0 radical (unpaired) electrons. The predicted molar refractivity (Wildman–Crippen MR) is 123 cm³/mol. The first-order valence-corrected chi connectivity index (χ1v) is 11.7. The molecule has 0 aliphatic heterocycles. The number of amides is 1. The van der Waals surface area contributed by atoms with Gasteiger partial charge in [-0.3, -0.25) is 4.79 Å². The molecule has 3 N–H and O–H groups in total. The van der Waals surface area contributed by atoms with Crippen LogP contribution in [-0.2, 0) is 17.6 Å². The number of carbonyl (C=O) groups is 1. The monoisotopic (exact) mass is 454 g/mol. The molecule has 5 rings (SSSR count). The van der Waals surface area contributed by atoms with Gasteiger partial charge in [0.25, 0.3) is 0 Å². The van der Waals surface area contributed by atoms with E-state index in [0.717, 1.165) is 44.8 Å². The van der Waals surface area contributed by atoms with Gasteiger partial charge in [-0.1, -0.05) is 4.49 Å². The van der Waals surface area contributed by atoms with Crippen LogP contribution in [0.4, 0.5) is 11.5 Å². The van der Waals surface area contributed by atoms with Crippen LogP contribution in [0.5, 0.6) is 0 Å². The van der Waals surface area contributed by atoms with E-state index in [1.165, 1.54) is 22.0 Å². The van der Waals surface area contributed by atoms with Crippen molar-refractivity contribution in [3.63, 3.8) is 0 Å². The number of benzene rings is 1. The number of nitrogens with one attached hydrogen (secondary N) is 2. The third-order valence-corrected chi connectivity index (χ3v) is 7.27. The van der Waals surface area contributed by atoms with Gasteiger partial charge in [-0.05, 0) is 68.4 Å². The van der Waals surface area contributed by atoms with Gasteiger partial charge in [0.2, 0.25) is 5.91 Å². The van der Waals surface area contributed by atoms with Crippen LogP contribution >= 0.6 is 22.9 Å². The number of aryl methyl sites for hydroxylation is 1. The van der Waals surface area contributed by atoms with E-state index in [1.807, 2.05) is 18.2 Å². The molecule has 1 aromatic carbocycles. The number of hydrogen-bond acceptors (Lipinski definition) is 9. The molecule has 1 atom stereocenters. The van der Waals surface area contributed by atoms with Crippen LogP contribution in [-0.4, -0.2) is 42.7 Å². The third-order valence-electron chi connectivity index (χ3n) is 5.42. The van der Waals surface area contributed by atoms with E-state index in [1.54, 1.807) is 31.5 Å². The number of nitrogens with zero attached hydrogens (tertiary/aromatic N) is 4. The number of thiophene rings is 1. The third kappa shape index (κ3) is 4.10. The van der Waals surface area contributed by atoms with Crippen LogP contribution < -0.4 is 10.6 Å². The van der Waals surface area contributed by atoms with Crippen LogP contribution in [0.15, 0.2) is 24.5 Å². The lowest BCUT2D eigenvalue weighted by atomic mass is 9.87. The van der Waals surface area contributed by atoms with E-state index in [4.69, 9.17) is 0 Å². The Hall–Kier alpha value is -2.69. The molecular formula is C21H22N6O2S2. The van der Waals surface area contributed by atoms with Gasteiger partial charge in [-0.25, -0.2) is 9.97 Å². The lowest BCUT2D eigenvalue weighted by Gasteiger charge is -2.24. The summed E-state index contributed by atoms with van der Waals surface area (Å²) in [5, 5.41) is 21.3. The molecule has 10 heteroatoms. The van der Waals surface area contributed by atoms with E-state index in [-0.39, 0.29) is 18.4 Å². The summed E-state index contributed by atoms with van der Waals surface area (Å²) in [5.74, 6) is 0.693. The number of carbonyl (C=O) groups excluding carboxylic acids is 1. The number of rotatable bonds is 5. The maximum Gasteiger partial charge on any atom is 0.223 e. The van der Waals surface area contributed by atoms with Crippen molar-refractivity contribution in [2.75, 3.05) is 11.9 Å². The zero-order chi connectivity index (χ0) is 21.6. The fourth-order valence-electron chi connectivity index (χ4n) is 3.87. The molecule has 1 aliphatic carbocycles. The van der Waals surface area contributed by atoms with Crippen molar-refractivity contribution in [2.45, 2.75) is 38.7 Å². The van der Waals surface area contributed by atoms with Crippen LogP contribution in [0.3, 0.4) is 0 Å². The van der Waals surface area contributed by atoms with Crippen molar-refractivity contribution in [1.82, 2.24) is 24.9 Å². The topological polar surface area (TPSA) is 113 Å². The Labute approximate surface area is 186 Å². The first-order chi connectivity index (χ1) is 14.9. The van der Waals surface area contributed by atoms with Crippen molar-refractivity contribution in [3.8, 4) is 0 Å². The predicted octanol–water partition coefficient (Wildman–Crippen LogP) is 3.43. The van der Waals surface area contributed by atoms with Gasteiger partial charge >= 0.3 is 0 Å². The molecule has 3 heterocycles. The Morgan fingerprint density at radius 2 is 2.19 bits per heavy atom.